The second-order valence-electron chi connectivity index (χ2n) is 4.85. The van der Waals surface area contributed by atoms with E-state index in [9.17, 15) is 0 Å². The molecule has 2 aromatic heterocycles. The van der Waals surface area contributed by atoms with Crippen LogP contribution in [0, 0.1) is 5.92 Å². The van der Waals surface area contributed by atoms with Gasteiger partial charge in [-0.2, -0.15) is 4.98 Å². The number of aromatic nitrogens is 3. The average Bonchev–Trinajstić information content (AvgIpc) is 2.95. The molecule has 2 N–H and O–H groups in total. The Hall–Kier alpha value is -1.95. The maximum Gasteiger partial charge on any atom is 0.243 e. The summed E-state index contributed by atoms with van der Waals surface area (Å²) in [6, 6.07) is 3.52. The molecule has 20 heavy (non-hydrogen) atoms. The number of pyridine rings is 1. The Labute approximate surface area is 118 Å². The van der Waals surface area contributed by atoms with Crippen molar-refractivity contribution in [1.29, 1.82) is 0 Å². The Balaban J connectivity index is 2.05. The molecule has 0 radical (unpaired) electrons. The summed E-state index contributed by atoms with van der Waals surface area (Å²) in [5.74, 6) is 2.01. The summed E-state index contributed by atoms with van der Waals surface area (Å²) < 4.78 is 10.3. The Morgan fingerprint density at radius 3 is 2.80 bits per heavy atom. The van der Waals surface area contributed by atoms with Gasteiger partial charge in [0.05, 0.1) is 13.2 Å². The lowest BCUT2D eigenvalue weighted by Crippen LogP contribution is -2.18. The minimum Gasteiger partial charge on any atom is -0.481 e. The van der Waals surface area contributed by atoms with E-state index >= 15 is 0 Å². The SMILES string of the molecule is CCC(C)C(N)c1nc(Cc2ccc(OC)nc2)no1. The molecule has 6 nitrogen and oxygen atoms in total. The van der Waals surface area contributed by atoms with Gasteiger partial charge in [-0.05, 0) is 11.5 Å². The third-order valence-electron chi connectivity index (χ3n) is 3.39. The quantitative estimate of drug-likeness (QED) is 0.869. The maximum absolute atomic E-state index is 6.07. The number of ether oxygens (including phenoxy) is 1. The van der Waals surface area contributed by atoms with Crippen molar-refractivity contribution in [3.8, 4) is 5.88 Å². The zero-order valence-corrected chi connectivity index (χ0v) is 12.0. The van der Waals surface area contributed by atoms with Crippen LogP contribution in [-0.4, -0.2) is 22.2 Å². The first-order chi connectivity index (χ1) is 9.63. The monoisotopic (exact) mass is 276 g/mol. The first-order valence-electron chi connectivity index (χ1n) is 6.71. The van der Waals surface area contributed by atoms with Crippen molar-refractivity contribution < 1.29 is 9.26 Å². The van der Waals surface area contributed by atoms with Crippen LogP contribution in [0.25, 0.3) is 0 Å². The lowest BCUT2D eigenvalue weighted by molar-refractivity contribution is 0.310. The molecule has 2 heterocycles. The number of nitrogens with two attached hydrogens (primary N) is 1. The van der Waals surface area contributed by atoms with Crippen LogP contribution in [0.3, 0.4) is 0 Å². The minimum atomic E-state index is -0.213. The van der Waals surface area contributed by atoms with Crippen LogP contribution >= 0.6 is 0 Å². The molecular formula is C14H20N4O2. The van der Waals surface area contributed by atoms with E-state index in [0.717, 1.165) is 12.0 Å². The van der Waals surface area contributed by atoms with Gasteiger partial charge in [-0.25, -0.2) is 4.98 Å². The van der Waals surface area contributed by atoms with Gasteiger partial charge in [0.15, 0.2) is 5.82 Å². The summed E-state index contributed by atoms with van der Waals surface area (Å²) in [6.45, 7) is 4.16. The summed E-state index contributed by atoms with van der Waals surface area (Å²) in [7, 11) is 1.59. The van der Waals surface area contributed by atoms with Crippen molar-refractivity contribution in [2.24, 2.45) is 11.7 Å². The van der Waals surface area contributed by atoms with Crippen molar-refractivity contribution in [2.45, 2.75) is 32.7 Å². The van der Waals surface area contributed by atoms with Gasteiger partial charge in [0.25, 0.3) is 0 Å². The van der Waals surface area contributed by atoms with Crippen LogP contribution in [0.15, 0.2) is 22.9 Å². The van der Waals surface area contributed by atoms with E-state index in [4.69, 9.17) is 15.0 Å². The molecule has 6 heteroatoms. The molecule has 0 fully saturated rings. The highest BCUT2D eigenvalue weighted by Gasteiger charge is 2.20. The number of hydrogen-bond donors (Lipinski definition) is 1. The molecule has 2 rings (SSSR count). The lowest BCUT2D eigenvalue weighted by atomic mass is 10.0. The van der Waals surface area contributed by atoms with Crippen LogP contribution in [0.5, 0.6) is 5.88 Å². The van der Waals surface area contributed by atoms with E-state index in [-0.39, 0.29) is 6.04 Å². The third-order valence-corrected chi connectivity index (χ3v) is 3.39. The van der Waals surface area contributed by atoms with E-state index in [1.54, 1.807) is 19.4 Å². The van der Waals surface area contributed by atoms with Crippen molar-refractivity contribution in [3.63, 3.8) is 0 Å². The van der Waals surface area contributed by atoms with E-state index in [1.165, 1.54) is 0 Å². The highest BCUT2D eigenvalue weighted by Crippen LogP contribution is 2.20. The average molecular weight is 276 g/mol. The minimum absolute atomic E-state index is 0.213. The lowest BCUT2D eigenvalue weighted by Gasteiger charge is -2.12. The third kappa shape index (κ3) is 3.33. The summed E-state index contributed by atoms with van der Waals surface area (Å²) >= 11 is 0. The van der Waals surface area contributed by atoms with Gasteiger partial charge in [-0.1, -0.05) is 31.5 Å². The fraction of sp³-hybridized carbons (Fsp3) is 0.500. The highest BCUT2D eigenvalue weighted by molar-refractivity contribution is 5.20. The Morgan fingerprint density at radius 2 is 2.20 bits per heavy atom. The fourth-order valence-electron chi connectivity index (χ4n) is 1.79. The predicted molar refractivity (Wildman–Crippen MR) is 74.3 cm³/mol. The standard InChI is InChI=1S/C14H20N4O2/c1-4-9(2)13(15)14-17-11(18-20-14)7-10-5-6-12(19-3)16-8-10/h5-6,8-9,13H,4,7,15H2,1-3H3. The second kappa shape index (κ2) is 6.47. The summed E-state index contributed by atoms with van der Waals surface area (Å²) in [5, 5.41) is 3.97. The zero-order valence-electron chi connectivity index (χ0n) is 12.0. The van der Waals surface area contributed by atoms with Gasteiger partial charge in [0, 0.05) is 18.7 Å². The molecule has 0 amide bonds. The molecule has 2 unspecified atom stereocenters. The first-order valence-corrected chi connectivity index (χ1v) is 6.71. The number of rotatable bonds is 6. The summed E-state index contributed by atoms with van der Waals surface area (Å²) in [4.78, 5) is 8.50. The molecular weight excluding hydrogens is 256 g/mol. The van der Waals surface area contributed by atoms with E-state index < -0.39 is 0 Å². The van der Waals surface area contributed by atoms with Gasteiger partial charge >= 0.3 is 0 Å². The number of nitrogens with zero attached hydrogens (tertiary/aromatic N) is 3. The number of hydrogen-bond acceptors (Lipinski definition) is 6. The van der Waals surface area contributed by atoms with Crippen molar-refractivity contribution in [1.82, 2.24) is 15.1 Å². The van der Waals surface area contributed by atoms with Crippen molar-refractivity contribution >= 4 is 0 Å². The van der Waals surface area contributed by atoms with Crippen LogP contribution in [0.4, 0.5) is 0 Å². The molecule has 2 aromatic rings. The molecule has 0 aliphatic rings. The molecule has 0 aliphatic heterocycles. The highest BCUT2D eigenvalue weighted by atomic mass is 16.5. The van der Waals surface area contributed by atoms with Crippen molar-refractivity contribution in [3.05, 3.63) is 35.6 Å². The second-order valence-corrected chi connectivity index (χ2v) is 4.85. The predicted octanol–water partition coefficient (Wildman–Crippen LogP) is 2.11. The molecule has 108 valence electrons. The number of methoxy groups -OCH3 is 1. The van der Waals surface area contributed by atoms with Crippen molar-refractivity contribution in [2.75, 3.05) is 7.11 Å². The Bertz CT molecular complexity index is 538. The topological polar surface area (TPSA) is 87.1 Å². The Morgan fingerprint density at radius 1 is 1.40 bits per heavy atom. The van der Waals surface area contributed by atoms with Gasteiger partial charge in [-0.15, -0.1) is 0 Å². The molecule has 0 saturated carbocycles. The molecule has 0 spiro atoms. The normalized spacial score (nSPS) is 14.0. The maximum atomic E-state index is 6.07. The van der Waals surface area contributed by atoms with Gasteiger partial charge in [0.1, 0.15) is 0 Å². The van der Waals surface area contributed by atoms with Crippen LogP contribution in [0.2, 0.25) is 0 Å². The molecule has 0 saturated heterocycles. The Kier molecular flexibility index (Phi) is 4.68. The molecule has 0 aromatic carbocycles. The largest absolute Gasteiger partial charge is 0.481 e. The van der Waals surface area contributed by atoms with E-state index in [2.05, 4.69) is 29.0 Å². The van der Waals surface area contributed by atoms with Gasteiger partial charge < -0.3 is 15.0 Å². The van der Waals surface area contributed by atoms with Gasteiger partial charge in [-0.3, -0.25) is 0 Å². The first kappa shape index (κ1) is 14.5. The van der Waals surface area contributed by atoms with E-state index in [1.807, 2.05) is 6.07 Å². The summed E-state index contributed by atoms with van der Waals surface area (Å²) in [6.07, 6.45) is 3.28. The van der Waals surface area contributed by atoms with Crippen LogP contribution in [-0.2, 0) is 6.42 Å². The molecule has 0 bridgehead atoms. The van der Waals surface area contributed by atoms with Gasteiger partial charge in [0.2, 0.25) is 11.8 Å². The van der Waals surface area contributed by atoms with Crippen LogP contribution in [0.1, 0.15) is 43.6 Å². The molecule has 2 atom stereocenters. The fourth-order valence-corrected chi connectivity index (χ4v) is 1.79. The molecule has 0 aliphatic carbocycles. The summed E-state index contributed by atoms with van der Waals surface area (Å²) in [5.41, 5.74) is 7.06. The van der Waals surface area contributed by atoms with E-state index in [0.29, 0.717) is 29.9 Å². The van der Waals surface area contributed by atoms with Crippen LogP contribution < -0.4 is 10.5 Å². The zero-order chi connectivity index (χ0) is 14.5. The smallest absolute Gasteiger partial charge is 0.243 e.